The molecule has 21 heavy (non-hydrogen) atoms. The number of methoxy groups -OCH3 is 1. The zero-order valence-corrected chi connectivity index (χ0v) is 12.4. The summed E-state index contributed by atoms with van der Waals surface area (Å²) in [5.74, 6) is -1.74. The Morgan fingerprint density at radius 3 is 2.62 bits per heavy atom. The van der Waals surface area contributed by atoms with Crippen molar-refractivity contribution in [2.75, 3.05) is 12.4 Å². The summed E-state index contributed by atoms with van der Waals surface area (Å²) in [5, 5.41) is 2.94. The lowest BCUT2D eigenvalue weighted by Gasteiger charge is -2.06. The number of carbonyl (C=O) groups is 2. The van der Waals surface area contributed by atoms with Crippen LogP contribution in [0.15, 0.2) is 30.3 Å². The summed E-state index contributed by atoms with van der Waals surface area (Å²) in [7, 11) is 1.27. The van der Waals surface area contributed by atoms with Gasteiger partial charge in [-0.2, -0.15) is 0 Å². The Labute approximate surface area is 125 Å². The molecule has 2 rings (SSSR count). The van der Waals surface area contributed by atoms with E-state index in [4.69, 9.17) is 0 Å². The molecular weight excluding hydrogens is 293 g/mol. The summed E-state index contributed by atoms with van der Waals surface area (Å²) >= 11 is 1.28. The lowest BCUT2D eigenvalue weighted by atomic mass is 10.2. The van der Waals surface area contributed by atoms with Crippen LogP contribution in [0.5, 0.6) is 0 Å². The zero-order chi connectivity index (χ0) is 15.4. The molecule has 0 aliphatic heterocycles. The Hall–Kier alpha value is -2.21. The third-order valence-corrected chi connectivity index (χ3v) is 4.08. The van der Waals surface area contributed by atoms with E-state index in [1.807, 2.05) is 6.92 Å². The monoisotopic (exact) mass is 307 g/mol. The van der Waals surface area contributed by atoms with Crippen molar-refractivity contribution in [2.24, 2.45) is 0 Å². The largest absolute Gasteiger partial charge is 0.465 e. The molecule has 0 radical (unpaired) electrons. The molecule has 0 atom stereocenters. The van der Waals surface area contributed by atoms with E-state index in [0.29, 0.717) is 5.00 Å². The number of amides is 1. The molecule has 110 valence electrons. The van der Waals surface area contributed by atoms with E-state index in [-0.39, 0.29) is 11.1 Å². The number of hydrogen-bond donors (Lipinski definition) is 1. The van der Waals surface area contributed by atoms with Gasteiger partial charge in [-0.25, -0.2) is 9.18 Å². The molecule has 0 saturated carbocycles. The fourth-order valence-electron chi connectivity index (χ4n) is 1.79. The number of benzene rings is 1. The van der Waals surface area contributed by atoms with E-state index >= 15 is 0 Å². The second-order valence-electron chi connectivity index (χ2n) is 4.23. The van der Waals surface area contributed by atoms with Gasteiger partial charge in [0.15, 0.2) is 0 Å². The third-order valence-electron chi connectivity index (χ3n) is 2.88. The van der Waals surface area contributed by atoms with Gasteiger partial charge in [-0.1, -0.05) is 19.1 Å². The molecule has 0 spiro atoms. The summed E-state index contributed by atoms with van der Waals surface area (Å²) < 4.78 is 18.3. The number of hydrogen-bond acceptors (Lipinski definition) is 4. The molecule has 2 aromatic rings. The fraction of sp³-hybridized carbons (Fsp3) is 0.200. The standard InChI is InChI=1S/C15H14FNO3S/c1-3-9-8-11(15(19)20-2)14(21-9)17-13(18)10-6-4-5-7-12(10)16/h4-8H,3H2,1-2H3,(H,17,18). The number of rotatable bonds is 4. The number of halogens is 1. The molecule has 0 unspecified atom stereocenters. The Morgan fingerprint density at radius 1 is 1.29 bits per heavy atom. The number of anilines is 1. The van der Waals surface area contributed by atoms with Crippen molar-refractivity contribution in [3.05, 3.63) is 52.2 Å². The van der Waals surface area contributed by atoms with Crippen LogP contribution in [0.3, 0.4) is 0 Å². The average Bonchev–Trinajstić information content (AvgIpc) is 2.89. The highest BCUT2D eigenvalue weighted by molar-refractivity contribution is 7.16. The van der Waals surface area contributed by atoms with Gasteiger partial charge < -0.3 is 10.1 Å². The molecule has 0 aliphatic carbocycles. The molecule has 1 aromatic carbocycles. The minimum atomic E-state index is -0.609. The second kappa shape index (κ2) is 6.49. The van der Waals surface area contributed by atoms with Crippen LogP contribution in [0.25, 0.3) is 0 Å². The van der Waals surface area contributed by atoms with Gasteiger partial charge in [0.05, 0.1) is 18.2 Å². The summed E-state index contributed by atoms with van der Waals surface area (Å²) in [6.07, 6.45) is 0.726. The molecule has 1 amide bonds. The average molecular weight is 307 g/mol. The van der Waals surface area contributed by atoms with E-state index in [2.05, 4.69) is 10.1 Å². The Bertz CT molecular complexity index is 681. The predicted molar refractivity (Wildman–Crippen MR) is 79.4 cm³/mol. The maximum Gasteiger partial charge on any atom is 0.340 e. The molecule has 0 saturated heterocycles. The molecule has 1 aromatic heterocycles. The van der Waals surface area contributed by atoms with Gasteiger partial charge in [0.25, 0.3) is 5.91 Å². The Kier molecular flexibility index (Phi) is 4.70. The van der Waals surface area contributed by atoms with Crippen LogP contribution < -0.4 is 5.32 Å². The van der Waals surface area contributed by atoms with Gasteiger partial charge in [0.1, 0.15) is 10.8 Å². The molecule has 0 bridgehead atoms. The highest BCUT2D eigenvalue weighted by Gasteiger charge is 2.19. The molecule has 0 fully saturated rings. The smallest absolute Gasteiger partial charge is 0.340 e. The van der Waals surface area contributed by atoms with Crippen molar-refractivity contribution in [3.8, 4) is 0 Å². The van der Waals surface area contributed by atoms with Gasteiger partial charge >= 0.3 is 5.97 Å². The summed E-state index contributed by atoms with van der Waals surface area (Å²) in [6.45, 7) is 1.94. The zero-order valence-electron chi connectivity index (χ0n) is 11.6. The number of thiophene rings is 1. The number of esters is 1. The second-order valence-corrected chi connectivity index (χ2v) is 5.37. The van der Waals surface area contributed by atoms with E-state index in [0.717, 1.165) is 11.3 Å². The molecule has 6 heteroatoms. The molecule has 0 aliphatic rings. The Balaban J connectivity index is 2.31. The molecule has 1 heterocycles. The van der Waals surface area contributed by atoms with Gasteiger partial charge in [0, 0.05) is 4.88 Å². The van der Waals surface area contributed by atoms with Gasteiger partial charge in [-0.15, -0.1) is 11.3 Å². The summed E-state index contributed by atoms with van der Waals surface area (Å²) in [5.41, 5.74) is 0.212. The summed E-state index contributed by atoms with van der Waals surface area (Å²) in [4.78, 5) is 24.7. The normalized spacial score (nSPS) is 10.2. The number of aryl methyl sites for hydroxylation is 1. The van der Waals surface area contributed by atoms with Crippen LogP contribution >= 0.6 is 11.3 Å². The van der Waals surface area contributed by atoms with Crippen molar-refractivity contribution >= 4 is 28.2 Å². The van der Waals surface area contributed by atoms with Crippen molar-refractivity contribution in [1.82, 2.24) is 0 Å². The number of carbonyl (C=O) groups excluding carboxylic acids is 2. The predicted octanol–water partition coefficient (Wildman–Crippen LogP) is 3.49. The fourth-order valence-corrected chi connectivity index (χ4v) is 2.77. The van der Waals surface area contributed by atoms with Crippen LogP contribution in [0, 0.1) is 5.82 Å². The van der Waals surface area contributed by atoms with Crippen molar-refractivity contribution in [3.63, 3.8) is 0 Å². The van der Waals surface area contributed by atoms with E-state index < -0.39 is 17.7 Å². The van der Waals surface area contributed by atoms with E-state index in [1.165, 1.54) is 36.6 Å². The van der Waals surface area contributed by atoms with Crippen molar-refractivity contribution in [2.45, 2.75) is 13.3 Å². The van der Waals surface area contributed by atoms with Crippen molar-refractivity contribution in [1.29, 1.82) is 0 Å². The lowest BCUT2D eigenvalue weighted by molar-refractivity contribution is 0.0602. The Morgan fingerprint density at radius 2 is 2.00 bits per heavy atom. The van der Waals surface area contributed by atoms with Crippen LogP contribution in [0.2, 0.25) is 0 Å². The van der Waals surface area contributed by atoms with Crippen LogP contribution in [0.4, 0.5) is 9.39 Å². The van der Waals surface area contributed by atoms with Crippen LogP contribution in [0.1, 0.15) is 32.5 Å². The van der Waals surface area contributed by atoms with Gasteiger partial charge in [-0.05, 0) is 24.6 Å². The molecule has 4 nitrogen and oxygen atoms in total. The third kappa shape index (κ3) is 3.28. The molecular formula is C15H14FNO3S. The topological polar surface area (TPSA) is 55.4 Å². The first-order chi connectivity index (χ1) is 10.1. The minimum Gasteiger partial charge on any atom is -0.465 e. The van der Waals surface area contributed by atoms with Gasteiger partial charge in [0.2, 0.25) is 0 Å². The van der Waals surface area contributed by atoms with Crippen LogP contribution in [-0.2, 0) is 11.2 Å². The minimum absolute atomic E-state index is 0.0697. The highest BCUT2D eigenvalue weighted by Crippen LogP contribution is 2.29. The van der Waals surface area contributed by atoms with Crippen LogP contribution in [-0.4, -0.2) is 19.0 Å². The first kappa shape index (κ1) is 15.2. The maximum absolute atomic E-state index is 13.6. The number of nitrogens with one attached hydrogen (secondary N) is 1. The quantitative estimate of drug-likeness (QED) is 0.880. The highest BCUT2D eigenvalue weighted by atomic mass is 32.1. The first-order valence-electron chi connectivity index (χ1n) is 6.33. The van der Waals surface area contributed by atoms with E-state index in [1.54, 1.807) is 12.1 Å². The molecule has 1 N–H and O–H groups in total. The van der Waals surface area contributed by atoms with E-state index in [9.17, 15) is 14.0 Å². The van der Waals surface area contributed by atoms with Gasteiger partial charge in [-0.3, -0.25) is 4.79 Å². The number of ether oxygens (including phenoxy) is 1. The van der Waals surface area contributed by atoms with Crippen molar-refractivity contribution < 1.29 is 18.7 Å². The first-order valence-corrected chi connectivity index (χ1v) is 7.15. The lowest BCUT2D eigenvalue weighted by Crippen LogP contribution is -2.15. The summed E-state index contributed by atoms with van der Waals surface area (Å²) in [6, 6.07) is 7.35. The maximum atomic E-state index is 13.6. The SMILES string of the molecule is CCc1cc(C(=O)OC)c(NC(=O)c2ccccc2F)s1.